The summed E-state index contributed by atoms with van der Waals surface area (Å²) in [6, 6.07) is 6.60. The summed E-state index contributed by atoms with van der Waals surface area (Å²) in [5, 5.41) is 9.25. The van der Waals surface area contributed by atoms with Crippen molar-refractivity contribution < 1.29 is 13.5 Å². The number of hydrogen-bond donors (Lipinski definition) is 2. The minimum Gasteiger partial charge on any atom is -0.393 e. The molecule has 0 fully saturated rings. The van der Waals surface area contributed by atoms with E-state index in [1.54, 1.807) is 26.0 Å². The van der Waals surface area contributed by atoms with Crippen LogP contribution in [0.2, 0.25) is 0 Å². The Kier molecular flexibility index (Phi) is 5.52. The first-order valence-electron chi connectivity index (χ1n) is 6.52. The van der Waals surface area contributed by atoms with E-state index >= 15 is 0 Å². The molecule has 0 aliphatic rings. The molecule has 5 heteroatoms. The fraction of sp³-hybridized carbons (Fsp3) is 0.571. The summed E-state index contributed by atoms with van der Waals surface area (Å²) >= 11 is 0. The van der Waals surface area contributed by atoms with Crippen molar-refractivity contribution in [2.75, 3.05) is 0 Å². The highest BCUT2D eigenvalue weighted by Crippen LogP contribution is 2.17. The molecule has 19 heavy (non-hydrogen) atoms. The first-order chi connectivity index (χ1) is 8.72. The Morgan fingerprint density at radius 1 is 1.11 bits per heavy atom. The number of aliphatic hydroxyl groups is 1. The molecule has 0 heterocycles. The van der Waals surface area contributed by atoms with Crippen LogP contribution in [-0.4, -0.2) is 25.7 Å². The molecule has 1 aromatic carbocycles. The summed E-state index contributed by atoms with van der Waals surface area (Å²) in [6.45, 7) is 7.51. The van der Waals surface area contributed by atoms with E-state index in [1.165, 1.54) is 0 Å². The van der Waals surface area contributed by atoms with E-state index in [2.05, 4.69) is 18.6 Å². The van der Waals surface area contributed by atoms with Crippen LogP contribution in [-0.2, 0) is 10.0 Å². The number of benzene rings is 1. The standard InChI is InChI=1S/C14H23NO3S/c1-10(2)13-5-7-14(8-6-13)19(17,18)15-11(3)9-12(4)16/h5-8,10-12,15-16H,9H2,1-4H3. The van der Waals surface area contributed by atoms with Gasteiger partial charge in [-0.15, -0.1) is 0 Å². The third-order valence-electron chi connectivity index (χ3n) is 2.91. The first kappa shape index (κ1) is 16.1. The van der Waals surface area contributed by atoms with E-state index in [4.69, 9.17) is 0 Å². The van der Waals surface area contributed by atoms with Gasteiger partial charge in [-0.3, -0.25) is 0 Å². The van der Waals surface area contributed by atoms with E-state index in [0.717, 1.165) is 5.56 Å². The highest BCUT2D eigenvalue weighted by atomic mass is 32.2. The third kappa shape index (κ3) is 4.93. The van der Waals surface area contributed by atoms with Crippen LogP contribution in [0.25, 0.3) is 0 Å². The van der Waals surface area contributed by atoms with Crippen molar-refractivity contribution in [2.24, 2.45) is 0 Å². The summed E-state index contributed by atoms with van der Waals surface area (Å²) in [5.74, 6) is 0.374. The highest BCUT2D eigenvalue weighted by Gasteiger charge is 2.18. The Morgan fingerprint density at radius 2 is 1.63 bits per heavy atom. The Hall–Kier alpha value is -0.910. The predicted octanol–water partition coefficient (Wildman–Crippen LogP) is 2.25. The maximum atomic E-state index is 12.1. The van der Waals surface area contributed by atoms with Gasteiger partial charge in [0, 0.05) is 6.04 Å². The molecule has 0 radical (unpaired) electrons. The lowest BCUT2D eigenvalue weighted by Crippen LogP contribution is -2.34. The summed E-state index contributed by atoms with van der Waals surface area (Å²) in [7, 11) is -3.51. The minimum atomic E-state index is -3.51. The topological polar surface area (TPSA) is 66.4 Å². The summed E-state index contributed by atoms with van der Waals surface area (Å²) < 4.78 is 26.8. The third-order valence-corrected chi connectivity index (χ3v) is 4.51. The van der Waals surface area contributed by atoms with Crippen LogP contribution < -0.4 is 4.72 Å². The first-order valence-corrected chi connectivity index (χ1v) is 8.01. The van der Waals surface area contributed by atoms with Gasteiger partial charge in [0.15, 0.2) is 0 Å². The van der Waals surface area contributed by atoms with Gasteiger partial charge in [0.2, 0.25) is 10.0 Å². The zero-order chi connectivity index (χ0) is 14.6. The fourth-order valence-electron chi connectivity index (χ4n) is 1.92. The smallest absolute Gasteiger partial charge is 0.240 e. The molecule has 0 saturated heterocycles. The van der Waals surface area contributed by atoms with Crippen molar-refractivity contribution in [3.8, 4) is 0 Å². The molecular formula is C14H23NO3S. The van der Waals surface area contributed by atoms with Crippen molar-refractivity contribution in [3.05, 3.63) is 29.8 Å². The van der Waals surface area contributed by atoms with E-state index in [-0.39, 0.29) is 10.9 Å². The lowest BCUT2D eigenvalue weighted by atomic mass is 10.0. The number of sulfonamides is 1. The van der Waals surface area contributed by atoms with Crippen LogP contribution in [0.1, 0.15) is 45.6 Å². The summed E-state index contributed by atoms with van der Waals surface area (Å²) in [6.07, 6.45) is -0.135. The fourth-order valence-corrected chi connectivity index (χ4v) is 3.18. The zero-order valence-corrected chi connectivity index (χ0v) is 12.7. The second-order valence-corrected chi connectivity index (χ2v) is 7.04. The van der Waals surface area contributed by atoms with Crippen LogP contribution in [0.15, 0.2) is 29.2 Å². The van der Waals surface area contributed by atoms with Crippen LogP contribution in [0.4, 0.5) is 0 Å². The molecule has 0 spiro atoms. The van der Waals surface area contributed by atoms with Crippen molar-refractivity contribution >= 4 is 10.0 Å². The van der Waals surface area contributed by atoms with Gasteiger partial charge >= 0.3 is 0 Å². The predicted molar refractivity (Wildman–Crippen MR) is 76.6 cm³/mol. The lowest BCUT2D eigenvalue weighted by Gasteiger charge is -2.16. The second-order valence-electron chi connectivity index (χ2n) is 5.33. The maximum Gasteiger partial charge on any atom is 0.240 e. The molecule has 2 atom stereocenters. The van der Waals surface area contributed by atoms with Crippen LogP contribution >= 0.6 is 0 Å². The molecule has 2 N–H and O–H groups in total. The SMILES string of the molecule is CC(O)CC(C)NS(=O)(=O)c1ccc(C(C)C)cc1. The Labute approximate surface area is 115 Å². The lowest BCUT2D eigenvalue weighted by molar-refractivity contribution is 0.175. The molecule has 0 aromatic heterocycles. The van der Waals surface area contributed by atoms with E-state index < -0.39 is 16.1 Å². The normalized spacial score (nSPS) is 15.5. The molecule has 0 saturated carbocycles. The minimum absolute atomic E-state index is 0.259. The number of nitrogens with one attached hydrogen (secondary N) is 1. The highest BCUT2D eigenvalue weighted by molar-refractivity contribution is 7.89. The van der Waals surface area contributed by atoms with Gasteiger partial charge in [-0.2, -0.15) is 0 Å². The Bertz CT molecular complexity index is 492. The van der Waals surface area contributed by atoms with Gasteiger partial charge in [-0.1, -0.05) is 26.0 Å². The number of hydrogen-bond acceptors (Lipinski definition) is 3. The molecule has 108 valence electrons. The Morgan fingerprint density at radius 3 is 2.05 bits per heavy atom. The Balaban J connectivity index is 2.82. The largest absolute Gasteiger partial charge is 0.393 e. The molecule has 4 nitrogen and oxygen atoms in total. The monoisotopic (exact) mass is 285 g/mol. The van der Waals surface area contributed by atoms with Crippen molar-refractivity contribution in [2.45, 2.75) is 57.1 Å². The van der Waals surface area contributed by atoms with Gasteiger partial charge in [0.05, 0.1) is 11.0 Å². The molecule has 1 rings (SSSR count). The summed E-state index contributed by atoms with van der Waals surface area (Å²) in [4.78, 5) is 0.259. The van der Waals surface area contributed by atoms with Crippen LogP contribution in [0.5, 0.6) is 0 Å². The summed E-state index contributed by atoms with van der Waals surface area (Å²) in [5.41, 5.74) is 1.11. The molecule has 0 bridgehead atoms. The average Bonchev–Trinajstić information content (AvgIpc) is 2.27. The van der Waals surface area contributed by atoms with Crippen molar-refractivity contribution in [3.63, 3.8) is 0 Å². The van der Waals surface area contributed by atoms with Crippen LogP contribution in [0.3, 0.4) is 0 Å². The molecule has 0 amide bonds. The van der Waals surface area contributed by atoms with Crippen molar-refractivity contribution in [1.82, 2.24) is 4.72 Å². The van der Waals surface area contributed by atoms with E-state index in [0.29, 0.717) is 12.3 Å². The average molecular weight is 285 g/mol. The molecule has 2 unspecified atom stereocenters. The maximum absolute atomic E-state index is 12.1. The quantitative estimate of drug-likeness (QED) is 0.842. The van der Waals surface area contributed by atoms with Gasteiger partial charge in [-0.05, 0) is 43.9 Å². The molecular weight excluding hydrogens is 262 g/mol. The molecule has 0 aliphatic heterocycles. The van der Waals surface area contributed by atoms with Crippen molar-refractivity contribution in [1.29, 1.82) is 0 Å². The van der Waals surface area contributed by atoms with Crippen LogP contribution in [0, 0.1) is 0 Å². The van der Waals surface area contributed by atoms with Gasteiger partial charge in [0.1, 0.15) is 0 Å². The van der Waals surface area contributed by atoms with Gasteiger partial charge in [0.25, 0.3) is 0 Å². The van der Waals surface area contributed by atoms with Gasteiger partial charge < -0.3 is 5.11 Å². The second kappa shape index (κ2) is 6.50. The number of aliphatic hydroxyl groups excluding tert-OH is 1. The number of rotatable bonds is 6. The van der Waals surface area contributed by atoms with E-state index in [9.17, 15) is 13.5 Å². The van der Waals surface area contributed by atoms with Gasteiger partial charge in [-0.25, -0.2) is 13.1 Å². The molecule has 1 aromatic rings. The molecule has 0 aliphatic carbocycles. The zero-order valence-electron chi connectivity index (χ0n) is 11.9. The van der Waals surface area contributed by atoms with E-state index in [1.807, 2.05) is 12.1 Å².